The molecule has 0 aliphatic heterocycles. The molecule has 0 atom stereocenters. The summed E-state index contributed by atoms with van der Waals surface area (Å²) < 4.78 is 29.5. The molecule has 80 valence electrons. The van der Waals surface area contributed by atoms with E-state index in [4.69, 9.17) is 11.6 Å². The van der Waals surface area contributed by atoms with Crippen molar-refractivity contribution in [1.29, 1.82) is 0 Å². The third kappa shape index (κ3) is 4.08. The molecule has 0 bridgehead atoms. The normalized spacial score (nSPS) is 11.8. The SMILES string of the molecule is O=S(=O)(CCCCl)NCc1ccon1. The van der Waals surface area contributed by atoms with Gasteiger partial charge in [0.2, 0.25) is 10.0 Å². The third-order valence-corrected chi connectivity index (χ3v) is 3.19. The Bertz CT molecular complexity index is 349. The van der Waals surface area contributed by atoms with Gasteiger partial charge in [-0.25, -0.2) is 13.1 Å². The number of aromatic nitrogens is 1. The van der Waals surface area contributed by atoms with E-state index in [9.17, 15) is 8.42 Å². The fraction of sp³-hybridized carbons (Fsp3) is 0.571. The van der Waals surface area contributed by atoms with Gasteiger partial charge in [0.25, 0.3) is 0 Å². The van der Waals surface area contributed by atoms with Crippen LogP contribution in [0.25, 0.3) is 0 Å². The average Bonchev–Trinajstić information content (AvgIpc) is 2.64. The standard InChI is InChI=1S/C7H11ClN2O3S/c8-3-1-5-14(11,12)9-6-7-2-4-13-10-7/h2,4,9H,1,3,5-6H2. The number of hydrogen-bond donors (Lipinski definition) is 1. The molecule has 0 unspecified atom stereocenters. The molecular weight excluding hydrogens is 228 g/mol. The minimum atomic E-state index is -3.24. The Kier molecular flexibility index (Phi) is 4.37. The van der Waals surface area contributed by atoms with Crippen LogP contribution < -0.4 is 4.72 Å². The van der Waals surface area contributed by atoms with Gasteiger partial charge in [-0.15, -0.1) is 11.6 Å². The summed E-state index contributed by atoms with van der Waals surface area (Å²) >= 11 is 5.39. The van der Waals surface area contributed by atoms with Crippen LogP contribution in [0.3, 0.4) is 0 Å². The van der Waals surface area contributed by atoms with E-state index in [1.165, 1.54) is 6.26 Å². The minimum Gasteiger partial charge on any atom is -0.364 e. The number of sulfonamides is 1. The van der Waals surface area contributed by atoms with Gasteiger partial charge >= 0.3 is 0 Å². The molecule has 0 aliphatic carbocycles. The Balaban J connectivity index is 2.37. The lowest BCUT2D eigenvalue weighted by molar-refractivity contribution is 0.411. The zero-order chi connectivity index (χ0) is 10.4. The van der Waals surface area contributed by atoms with Crippen molar-refractivity contribution in [2.45, 2.75) is 13.0 Å². The van der Waals surface area contributed by atoms with E-state index in [1.54, 1.807) is 6.07 Å². The van der Waals surface area contributed by atoms with Crippen molar-refractivity contribution < 1.29 is 12.9 Å². The van der Waals surface area contributed by atoms with E-state index >= 15 is 0 Å². The maximum absolute atomic E-state index is 11.3. The molecule has 0 aromatic carbocycles. The van der Waals surface area contributed by atoms with Crippen LogP contribution in [-0.2, 0) is 16.6 Å². The predicted octanol–water partition coefficient (Wildman–Crippen LogP) is 0.723. The highest BCUT2D eigenvalue weighted by Crippen LogP contribution is 1.97. The van der Waals surface area contributed by atoms with E-state index in [1.807, 2.05) is 0 Å². The molecule has 0 spiro atoms. The van der Waals surface area contributed by atoms with Gasteiger partial charge in [-0.2, -0.15) is 0 Å². The van der Waals surface area contributed by atoms with Crippen molar-refractivity contribution in [3.63, 3.8) is 0 Å². The quantitative estimate of drug-likeness (QED) is 0.742. The van der Waals surface area contributed by atoms with Crippen molar-refractivity contribution in [1.82, 2.24) is 9.88 Å². The minimum absolute atomic E-state index is 0.0361. The smallest absolute Gasteiger partial charge is 0.211 e. The maximum atomic E-state index is 11.3. The Morgan fingerprint density at radius 3 is 2.93 bits per heavy atom. The van der Waals surface area contributed by atoms with Gasteiger partial charge in [-0.05, 0) is 6.42 Å². The van der Waals surface area contributed by atoms with Crippen molar-refractivity contribution in [2.24, 2.45) is 0 Å². The van der Waals surface area contributed by atoms with Crippen molar-refractivity contribution in [3.8, 4) is 0 Å². The number of halogens is 1. The van der Waals surface area contributed by atoms with Crippen LogP contribution in [0.15, 0.2) is 16.9 Å². The number of alkyl halides is 1. The van der Waals surface area contributed by atoms with Gasteiger partial charge in [-0.1, -0.05) is 5.16 Å². The number of hydrogen-bond acceptors (Lipinski definition) is 4. The van der Waals surface area contributed by atoms with Crippen LogP contribution in [0.4, 0.5) is 0 Å². The molecule has 1 rings (SSSR count). The first kappa shape index (κ1) is 11.5. The average molecular weight is 239 g/mol. The molecule has 0 radical (unpaired) electrons. The number of nitrogens with one attached hydrogen (secondary N) is 1. The Morgan fingerprint density at radius 1 is 1.57 bits per heavy atom. The lowest BCUT2D eigenvalue weighted by Gasteiger charge is -2.02. The summed E-state index contributed by atoms with van der Waals surface area (Å²) in [4.78, 5) is 0. The summed E-state index contributed by atoms with van der Waals surface area (Å²) in [6.45, 7) is 0.154. The van der Waals surface area contributed by atoms with E-state index in [0.29, 0.717) is 18.0 Å². The van der Waals surface area contributed by atoms with Crippen molar-refractivity contribution >= 4 is 21.6 Å². The Hall–Kier alpha value is -0.590. The number of nitrogens with zero attached hydrogens (tertiary/aromatic N) is 1. The first-order chi connectivity index (χ1) is 6.64. The van der Waals surface area contributed by atoms with Crippen molar-refractivity contribution in [2.75, 3.05) is 11.6 Å². The third-order valence-electron chi connectivity index (χ3n) is 1.51. The Labute approximate surface area is 87.5 Å². The predicted molar refractivity (Wildman–Crippen MR) is 52.5 cm³/mol. The highest BCUT2D eigenvalue weighted by Gasteiger charge is 2.09. The van der Waals surface area contributed by atoms with Gasteiger partial charge < -0.3 is 4.52 Å². The summed E-state index contributed by atoms with van der Waals surface area (Å²) in [6.07, 6.45) is 1.83. The monoisotopic (exact) mass is 238 g/mol. The van der Waals surface area contributed by atoms with E-state index in [-0.39, 0.29) is 12.3 Å². The van der Waals surface area contributed by atoms with Crippen LogP contribution in [0, 0.1) is 0 Å². The van der Waals surface area contributed by atoms with Gasteiger partial charge in [0, 0.05) is 11.9 Å². The largest absolute Gasteiger partial charge is 0.364 e. The van der Waals surface area contributed by atoms with Crippen LogP contribution in [-0.4, -0.2) is 25.2 Å². The van der Waals surface area contributed by atoms with Gasteiger partial charge in [0.05, 0.1) is 18.0 Å². The van der Waals surface area contributed by atoms with E-state index < -0.39 is 10.0 Å². The van der Waals surface area contributed by atoms with Gasteiger partial charge in [0.15, 0.2) is 0 Å². The topological polar surface area (TPSA) is 72.2 Å². The molecule has 0 saturated carbocycles. The maximum Gasteiger partial charge on any atom is 0.211 e. The molecule has 0 amide bonds. The molecule has 1 heterocycles. The fourth-order valence-electron chi connectivity index (χ4n) is 0.829. The fourth-order valence-corrected chi connectivity index (χ4v) is 2.16. The second-order valence-electron chi connectivity index (χ2n) is 2.67. The van der Waals surface area contributed by atoms with Crippen LogP contribution in [0.2, 0.25) is 0 Å². The van der Waals surface area contributed by atoms with Crippen LogP contribution in [0.1, 0.15) is 12.1 Å². The van der Waals surface area contributed by atoms with Crippen LogP contribution in [0.5, 0.6) is 0 Å². The molecular formula is C7H11ClN2O3S. The zero-order valence-corrected chi connectivity index (χ0v) is 9.01. The summed E-state index contributed by atoms with van der Waals surface area (Å²) in [5.74, 6) is 0.374. The first-order valence-corrected chi connectivity index (χ1v) is 6.25. The first-order valence-electron chi connectivity index (χ1n) is 4.06. The molecule has 1 N–H and O–H groups in total. The van der Waals surface area contributed by atoms with E-state index in [0.717, 1.165) is 0 Å². The molecule has 1 aromatic rings. The molecule has 14 heavy (non-hydrogen) atoms. The summed E-state index contributed by atoms with van der Waals surface area (Å²) in [7, 11) is -3.24. The lowest BCUT2D eigenvalue weighted by atomic mass is 10.5. The van der Waals surface area contributed by atoms with E-state index in [2.05, 4.69) is 14.4 Å². The highest BCUT2D eigenvalue weighted by atomic mass is 35.5. The zero-order valence-electron chi connectivity index (χ0n) is 7.44. The molecule has 7 heteroatoms. The van der Waals surface area contributed by atoms with Gasteiger partial charge in [-0.3, -0.25) is 0 Å². The molecule has 0 fully saturated rings. The summed E-state index contributed by atoms with van der Waals surface area (Å²) in [6, 6.07) is 1.60. The lowest BCUT2D eigenvalue weighted by Crippen LogP contribution is -2.26. The summed E-state index contributed by atoms with van der Waals surface area (Å²) in [5.41, 5.74) is 0.555. The van der Waals surface area contributed by atoms with Crippen molar-refractivity contribution in [3.05, 3.63) is 18.0 Å². The van der Waals surface area contributed by atoms with Gasteiger partial charge in [0.1, 0.15) is 6.26 Å². The molecule has 0 aliphatic rings. The second-order valence-corrected chi connectivity index (χ2v) is 4.98. The number of rotatable bonds is 6. The Morgan fingerprint density at radius 2 is 2.36 bits per heavy atom. The van der Waals surface area contributed by atoms with Crippen LogP contribution >= 0.6 is 11.6 Å². The second kappa shape index (κ2) is 5.33. The highest BCUT2D eigenvalue weighted by molar-refractivity contribution is 7.89. The molecule has 1 aromatic heterocycles. The summed E-state index contributed by atoms with van der Waals surface area (Å²) in [5, 5.41) is 3.57. The molecule has 0 saturated heterocycles. The molecule has 5 nitrogen and oxygen atoms in total.